The van der Waals surface area contributed by atoms with E-state index in [4.69, 9.17) is 5.73 Å². The predicted molar refractivity (Wildman–Crippen MR) is 152 cm³/mol. The number of benzene rings is 2. The van der Waals surface area contributed by atoms with Crippen molar-refractivity contribution in [1.29, 1.82) is 0 Å². The summed E-state index contributed by atoms with van der Waals surface area (Å²) in [6, 6.07) is 6.67. The first kappa shape index (κ1) is 29.3. The highest BCUT2D eigenvalue weighted by molar-refractivity contribution is 6.24. The Balaban J connectivity index is 1.66. The van der Waals surface area contributed by atoms with E-state index in [0.717, 1.165) is 5.56 Å². The van der Waals surface area contributed by atoms with Gasteiger partial charge in [0.05, 0.1) is 11.6 Å². The molecule has 3 aliphatic carbocycles. The number of ketones is 2. The number of likely N-dealkylation sites (N-methyl/N-ethyl adjacent to an activating group) is 1. The number of carbonyl (C=O) groups excluding carboxylic acids is 3. The Bertz CT molecular complexity index is 1580. The number of aromatic hydroxyl groups is 1. The highest BCUT2D eigenvalue weighted by Crippen LogP contribution is 2.54. The van der Waals surface area contributed by atoms with Crippen molar-refractivity contribution in [1.82, 2.24) is 4.90 Å². The van der Waals surface area contributed by atoms with Crippen LogP contribution < -0.4 is 10.6 Å². The normalized spacial score (nSPS) is 25.4. The summed E-state index contributed by atoms with van der Waals surface area (Å²) < 4.78 is 13.4. The number of Topliss-reactive ketones (excluding diaryl/α,β-unsaturated/α-hetero) is 2. The maximum absolute atomic E-state index is 14.1. The molecule has 5 rings (SSSR count). The third-order valence-corrected chi connectivity index (χ3v) is 8.85. The number of nitrogens with zero attached hydrogens (tertiary/aromatic N) is 2. The third kappa shape index (κ3) is 4.26. The summed E-state index contributed by atoms with van der Waals surface area (Å²) in [7, 11) is 6.74. The highest BCUT2D eigenvalue weighted by Gasteiger charge is 2.64. The molecule has 6 N–H and O–H groups in total. The van der Waals surface area contributed by atoms with Crippen molar-refractivity contribution in [2.75, 3.05) is 33.1 Å². The van der Waals surface area contributed by atoms with Crippen molar-refractivity contribution < 1.29 is 39.2 Å². The number of aliphatic hydroxyl groups excluding tert-OH is 2. The zero-order valence-corrected chi connectivity index (χ0v) is 23.8. The van der Waals surface area contributed by atoms with E-state index in [9.17, 15) is 39.2 Å². The van der Waals surface area contributed by atoms with E-state index in [1.54, 1.807) is 26.2 Å². The third-order valence-electron chi connectivity index (χ3n) is 8.85. The van der Waals surface area contributed by atoms with Crippen molar-refractivity contribution in [3.63, 3.8) is 0 Å². The molecule has 0 saturated heterocycles. The average Bonchev–Trinajstić information content (AvgIpc) is 2.90. The zero-order valence-electron chi connectivity index (χ0n) is 23.8. The van der Waals surface area contributed by atoms with Crippen LogP contribution in [-0.4, -0.2) is 82.6 Å². The molecular weight excluding hydrogens is 545 g/mol. The van der Waals surface area contributed by atoms with Gasteiger partial charge in [0.15, 0.2) is 11.4 Å². The summed E-state index contributed by atoms with van der Waals surface area (Å²) in [5.74, 6) is -7.16. The van der Waals surface area contributed by atoms with Crippen LogP contribution in [0.1, 0.15) is 28.7 Å². The van der Waals surface area contributed by atoms with Gasteiger partial charge in [0, 0.05) is 31.3 Å². The van der Waals surface area contributed by atoms with Gasteiger partial charge in [-0.2, -0.15) is 0 Å². The molecule has 3 aliphatic rings. The minimum Gasteiger partial charge on any atom is -0.508 e. The van der Waals surface area contributed by atoms with Gasteiger partial charge in [-0.1, -0.05) is 12.1 Å². The number of amides is 1. The largest absolute Gasteiger partial charge is 0.508 e. The number of rotatable bonds is 6. The Morgan fingerprint density at radius 1 is 1.07 bits per heavy atom. The molecular formula is C31H34FN3O7. The lowest BCUT2D eigenvalue weighted by atomic mass is 9.57. The first-order chi connectivity index (χ1) is 19.7. The quantitative estimate of drug-likeness (QED) is 0.322. The number of carbonyl (C=O) groups is 3. The fraction of sp³-hybridized carbons (Fsp3) is 0.387. The van der Waals surface area contributed by atoms with Gasteiger partial charge in [0.1, 0.15) is 28.7 Å². The number of hydrogen-bond donors (Lipinski definition) is 5. The number of phenols is 1. The van der Waals surface area contributed by atoms with Crippen LogP contribution in [0.15, 0.2) is 47.2 Å². The van der Waals surface area contributed by atoms with Gasteiger partial charge < -0.3 is 31.1 Å². The molecule has 0 radical (unpaired) electrons. The van der Waals surface area contributed by atoms with E-state index in [-0.39, 0.29) is 35.5 Å². The molecule has 11 heteroatoms. The van der Waals surface area contributed by atoms with Crippen LogP contribution in [-0.2, 0) is 33.6 Å². The van der Waals surface area contributed by atoms with E-state index < -0.39 is 58.0 Å². The Kier molecular flexibility index (Phi) is 7.14. The number of phenolic OH excluding ortho intramolecular Hbond substituents is 1. The van der Waals surface area contributed by atoms with E-state index in [1.165, 1.54) is 17.0 Å². The summed E-state index contributed by atoms with van der Waals surface area (Å²) in [5, 5.41) is 45.8. The van der Waals surface area contributed by atoms with Crippen LogP contribution in [0.3, 0.4) is 0 Å². The Morgan fingerprint density at radius 3 is 2.29 bits per heavy atom. The summed E-state index contributed by atoms with van der Waals surface area (Å²) >= 11 is 0. The Labute approximate surface area is 242 Å². The van der Waals surface area contributed by atoms with Gasteiger partial charge in [0.2, 0.25) is 5.78 Å². The standard InChI is InChI=1S/C31H34FN3O7/c1-34(2)20-13-15(8-5-14-6-9-17(32)10-7-14)25(36)22-18(20)11-16-12-19-24(35(3)4)27(38)23(30(33)41)29(40)31(19,42)28(39)21(16)26(22)37/h6-7,9-10,13,16,19,24,36-37,40,42H,5,8,11-12H2,1-4H3,(H2,33,41)/t16-,19-,24-,31-/m0/s1. The molecule has 1 amide bonds. The maximum atomic E-state index is 14.1. The smallest absolute Gasteiger partial charge is 0.255 e. The monoisotopic (exact) mass is 579 g/mol. The average molecular weight is 580 g/mol. The maximum Gasteiger partial charge on any atom is 0.255 e. The van der Waals surface area contributed by atoms with Crippen molar-refractivity contribution in [3.8, 4) is 5.75 Å². The number of hydrogen-bond acceptors (Lipinski definition) is 9. The molecule has 0 aromatic heterocycles. The van der Waals surface area contributed by atoms with Crippen molar-refractivity contribution in [3.05, 3.63) is 75.3 Å². The lowest BCUT2D eigenvalue weighted by Gasteiger charge is -2.50. The molecule has 4 atom stereocenters. The SMILES string of the molecule is CN(C)c1cc(CCc2ccc(F)cc2)c(O)c2c1C[C@H]1C[C@H]3[C@H](N(C)C)C(=O)C(C(N)=O)=C(O)[C@@]3(O)C(=O)C1=C2O. The molecule has 2 aromatic rings. The molecule has 10 nitrogen and oxygen atoms in total. The second-order valence-electron chi connectivity index (χ2n) is 11.7. The van der Waals surface area contributed by atoms with Gasteiger partial charge >= 0.3 is 0 Å². The fourth-order valence-corrected chi connectivity index (χ4v) is 6.87. The van der Waals surface area contributed by atoms with Gasteiger partial charge in [-0.3, -0.25) is 19.3 Å². The summed E-state index contributed by atoms with van der Waals surface area (Å²) in [5.41, 5.74) is 4.32. The number of aryl methyl sites for hydroxylation is 2. The van der Waals surface area contributed by atoms with E-state index >= 15 is 0 Å². The molecule has 0 heterocycles. The van der Waals surface area contributed by atoms with E-state index in [2.05, 4.69) is 0 Å². The molecule has 2 aromatic carbocycles. The number of aliphatic hydroxyl groups is 3. The molecule has 0 bridgehead atoms. The Hall–Kier alpha value is -4.22. The molecule has 42 heavy (non-hydrogen) atoms. The van der Waals surface area contributed by atoms with Crippen LogP contribution in [0.5, 0.6) is 5.75 Å². The fourth-order valence-electron chi connectivity index (χ4n) is 6.87. The van der Waals surface area contributed by atoms with Crippen LogP contribution in [0, 0.1) is 17.7 Å². The van der Waals surface area contributed by atoms with Crippen molar-refractivity contribution >= 4 is 28.9 Å². The van der Waals surface area contributed by atoms with E-state index in [0.29, 0.717) is 29.7 Å². The van der Waals surface area contributed by atoms with Gasteiger partial charge in [-0.15, -0.1) is 0 Å². The first-order valence-corrected chi connectivity index (χ1v) is 13.6. The zero-order chi connectivity index (χ0) is 30.8. The second kappa shape index (κ2) is 10.2. The minimum atomic E-state index is -2.69. The molecule has 0 spiro atoms. The molecule has 222 valence electrons. The molecule has 0 unspecified atom stereocenters. The topological polar surface area (TPSA) is 165 Å². The first-order valence-electron chi connectivity index (χ1n) is 13.6. The molecule has 1 saturated carbocycles. The highest BCUT2D eigenvalue weighted by atomic mass is 19.1. The summed E-state index contributed by atoms with van der Waals surface area (Å²) in [6.45, 7) is 0. The number of primary amides is 1. The van der Waals surface area contributed by atoms with Crippen molar-refractivity contribution in [2.24, 2.45) is 17.6 Å². The second-order valence-corrected chi connectivity index (χ2v) is 11.7. The summed E-state index contributed by atoms with van der Waals surface area (Å²) in [6.07, 6.45) is 1.03. The molecule has 1 fully saturated rings. The number of anilines is 1. The van der Waals surface area contributed by atoms with Crippen LogP contribution in [0.2, 0.25) is 0 Å². The predicted octanol–water partition coefficient (Wildman–Crippen LogP) is 1.95. The van der Waals surface area contributed by atoms with E-state index in [1.807, 2.05) is 25.1 Å². The van der Waals surface area contributed by atoms with Crippen LogP contribution in [0.25, 0.3) is 5.76 Å². The minimum absolute atomic E-state index is 0.0196. The number of halogens is 1. The summed E-state index contributed by atoms with van der Waals surface area (Å²) in [4.78, 5) is 42.8. The van der Waals surface area contributed by atoms with Crippen molar-refractivity contribution in [2.45, 2.75) is 37.3 Å². The van der Waals surface area contributed by atoms with Gasteiger partial charge in [-0.25, -0.2) is 4.39 Å². The van der Waals surface area contributed by atoms with Crippen LogP contribution >= 0.6 is 0 Å². The van der Waals surface area contributed by atoms with Gasteiger partial charge in [-0.05, 0) is 80.6 Å². The number of nitrogens with two attached hydrogens (primary N) is 1. The molecule has 0 aliphatic heterocycles. The number of fused-ring (bicyclic) bond motifs is 3. The Morgan fingerprint density at radius 2 is 1.71 bits per heavy atom. The van der Waals surface area contributed by atoms with Gasteiger partial charge in [0.25, 0.3) is 5.91 Å². The van der Waals surface area contributed by atoms with Crippen LogP contribution in [0.4, 0.5) is 10.1 Å². The lowest BCUT2D eigenvalue weighted by Crippen LogP contribution is -2.65. The lowest BCUT2D eigenvalue weighted by molar-refractivity contribution is -0.153.